The van der Waals surface area contributed by atoms with Crippen molar-refractivity contribution in [2.24, 2.45) is 0 Å². The van der Waals surface area contributed by atoms with Gasteiger partial charge in [-0.2, -0.15) is 8.42 Å². The molecule has 0 aromatic heterocycles. The standard InChI is InChI=1S/C14H20O4S.C13H18O2/c1-19(15,16)18-14-10-6-5-9-13(14)17-11-12-7-3-2-4-8-12;14-12-8-4-5-9-13(12)15-10-11-6-2-1-3-7-11/h2-4,7-8,13-14H,5-6,9-11H2,1H3;1-3,6-7,12-14H,4-5,8-10H2/t13-,14+;12-,13+/m10/s1. The highest BCUT2D eigenvalue weighted by molar-refractivity contribution is 7.86. The van der Waals surface area contributed by atoms with Gasteiger partial charge in [0.25, 0.3) is 10.1 Å². The van der Waals surface area contributed by atoms with E-state index < -0.39 is 10.1 Å². The van der Waals surface area contributed by atoms with Crippen molar-refractivity contribution in [1.29, 1.82) is 0 Å². The largest absolute Gasteiger partial charge is 0.390 e. The predicted molar refractivity (Wildman–Crippen MR) is 133 cm³/mol. The number of ether oxygens (including phenoxy) is 2. The van der Waals surface area contributed by atoms with E-state index in [0.29, 0.717) is 13.2 Å². The summed E-state index contributed by atoms with van der Waals surface area (Å²) in [5, 5.41) is 9.72. The lowest BCUT2D eigenvalue weighted by Gasteiger charge is -2.30. The van der Waals surface area contributed by atoms with Crippen molar-refractivity contribution in [3.05, 3.63) is 71.8 Å². The molecule has 0 aliphatic heterocycles. The third kappa shape index (κ3) is 9.84. The molecule has 2 aliphatic rings. The summed E-state index contributed by atoms with van der Waals surface area (Å²) in [5.41, 5.74) is 2.27. The fraction of sp³-hybridized carbons (Fsp3) is 0.556. The van der Waals surface area contributed by atoms with E-state index >= 15 is 0 Å². The Morgan fingerprint density at radius 2 is 1.15 bits per heavy atom. The molecule has 4 rings (SSSR count). The SMILES string of the molecule is CS(=O)(=O)O[C@H]1CCCC[C@H]1OCc1ccccc1.O[C@H]1CCCC[C@H]1OCc1ccccc1. The Morgan fingerprint density at radius 1 is 0.706 bits per heavy atom. The van der Waals surface area contributed by atoms with Gasteiger partial charge in [-0.05, 0) is 36.8 Å². The molecular formula is C27H38O6S. The fourth-order valence-electron chi connectivity index (χ4n) is 4.41. The molecule has 7 heteroatoms. The summed E-state index contributed by atoms with van der Waals surface area (Å²) in [7, 11) is -3.42. The van der Waals surface area contributed by atoms with Gasteiger partial charge in [0.05, 0.1) is 37.8 Å². The Kier molecular flexibility index (Phi) is 11.0. The van der Waals surface area contributed by atoms with Gasteiger partial charge in [0.2, 0.25) is 0 Å². The minimum absolute atomic E-state index is 0.0407. The molecule has 0 saturated heterocycles. The van der Waals surface area contributed by atoms with Crippen LogP contribution in [-0.4, -0.2) is 44.2 Å². The second-order valence-electron chi connectivity index (χ2n) is 9.15. The summed E-state index contributed by atoms with van der Waals surface area (Å²) in [5.74, 6) is 0. The molecule has 0 amide bonds. The molecule has 6 nitrogen and oxygen atoms in total. The molecule has 0 radical (unpaired) electrons. The molecule has 2 aromatic carbocycles. The highest BCUT2D eigenvalue weighted by Crippen LogP contribution is 2.26. The maximum Gasteiger partial charge on any atom is 0.264 e. The van der Waals surface area contributed by atoms with Crippen LogP contribution in [0.15, 0.2) is 60.7 Å². The maximum atomic E-state index is 11.2. The van der Waals surface area contributed by atoms with Crippen molar-refractivity contribution >= 4 is 10.1 Å². The molecule has 0 heterocycles. The second kappa shape index (κ2) is 14.0. The third-order valence-electron chi connectivity index (χ3n) is 6.22. The van der Waals surface area contributed by atoms with Gasteiger partial charge in [0.15, 0.2) is 0 Å². The molecule has 2 saturated carbocycles. The van der Waals surface area contributed by atoms with Crippen LogP contribution in [0.25, 0.3) is 0 Å². The van der Waals surface area contributed by atoms with E-state index in [-0.39, 0.29) is 24.4 Å². The molecule has 2 aromatic rings. The fourth-order valence-corrected chi connectivity index (χ4v) is 5.08. The van der Waals surface area contributed by atoms with Gasteiger partial charge in [-0.25, -0.2) is 0 Å². The van der Waals surface area contributed by atoms with Crippen LogP contribution in [0, 0.1) is 0 Å². The normalized spacial score (nSPS) is 25.2. The minimum atomic E-state index is -3.42. The first-order valence-corrected chi connectivity index (χ1v) is 14.1. The summed E-state index contributed by atoms with van der Waals surface area (Å²) >= 11 is 0. The number of aliphatic hydroxyl groups is 1. The smallest absolute Gasteiger partial charge is 0.264 e. The molecule has 188 valence electrons. The van der Waals surface area contributed by atoms with Crippen molar-refractivity contribution in [1.82, 2.24) is 0 Å². The predicted octanol–water partition coefficient (Wildman–Crippen LogP) is 5.00. The van der Waals surface area contributed by atoms with Gasteiger partial charge in [0.1, 0.15) is 6.10 Å². The Hall–Kier alpha value is -1.77. The van der Waals surface area contributed by atoms with Crippen molar-refractivity contribution in [2.75, 3.05) is 6.26 Å². The summed E-state index contributed by atoms with van der Waals surface area (Å²) in [6, 6.07) is 20.0. The first-order chi connectivity index (χ1) is 16.4. The summed E-state index contributed by atoms with van der Waals surface area (Å²) in [6.07, 6.45) is 8.23. The topological polar surface area (TPSA) is 82.1 Å². The van der Waals surface area contributed by atoms with Crippen LogP contribution in [-0.2, 0) is 37.0 Å². The van der Waals surface area contributed by atoms with E-state index in [1.807, 2.05) is 48.5 Å². The van der Waals surface area contributed by atoms with Crippen molar-refractivity contribution < 1.29 is 27.2 Å². The van der Waals surface area contributed by atoms with E-state index in [1.165, 1.54) is 12.0 Å². The molecule has 2 fully saturated rings. The molecule has 2 aliphatic carbocycles. The Morgan fingerprint density at radius 3 is 1.65 bits per heavy atom. The molecule has 0 unspecified atom stereocenters. The second-order valence-corrected chi connectivity index (χ2v) is 10.7. The zero-order valence-electron chi connectivity index (χ0n) is 20.1. The average Bonchev–Trinajstić information content (AvgIpc) is 2.84. The van der Waals surface area contributed by atoms with E-state index in [4.69, 9.17) is 13.7 Å². The highest BCUT2D eigenvalue weighted by Gasteiger charge is 2.29. The number of hydrogen-bond donors (Lipinski definition) is 1. The summed E-state index contributed by atoms with van der Waals surface area (Å²) in [6.45, 7) is 1.11. The quantitative estimate of drug-likeness (QED) is 0.525. The van der Waals surface area contributed by atoms with E-state index in [2.05, 4.69) is 12.1 Å². The van der Waals surface area contributed by atoms with E-state index in [9.17, 15) is 13.5 Å². The molecule has 34 heavy (non-hydrogen) atoms. The van der Waals surface area contributed by atoms with Crippen molar-refractivity contribution in [3.8, 4) is 0 Å². The number of aliphatic hydroxyl groups excluding tert-OH is 1. The van der Waals surface area contributed by atoms with Crippen LogP contribution in [0.2, 0.25) is 0 Å². The lowest BCUT2D eigenvalue weighted by Crippen LogP contribution is -2.36. The molecular weight excluding hydrogens is 452 g/mol. The van der Waals surface area contributed by atoms with Gasteiger partial charge in [-0.15, -0.1) is 0 Å². The Bertz CT molecular complexity index is 919. The average molecular weight is 491 g/mol. The Labute approximate surface area is 204 Å². The van der Waals surface area contributed by atoms with Crippen LogP contribution in [0.3, 0.4) is 0 Å². The minimum Gasteiger partial charge on any atom is -0.390 e. The van der Waals surface area contributed by atoms with Crippen LogP contribution in [0.1, 0.15) is 62.5 Å². The third-order valence-corrected chi connectivity index (χ3v) is 6.82. The van der Waals surface area contributed by atoms with E-state index in [1.54, 1.807) is 0 Å². The van der Waals surface area contributed by atoms with Gasteiger partial charge >= 0.3 is 0 Å². The lowest BCUT2D eigenvalue weighted by molar-refractivity contribution is -0.0661. The van der Waals surface area contributed by atoms with Gasteiger partial charge in [0, 0.05) is 0 Å². The zero-order valence-corrected chi connectivity index (χ0v) is 20.9. The number of rotatable bonds is 8. The molecule has 0 spiro atoms. The van der Waals surface area contributed by atoms with Gasteiger partial charge < -0.3 is 14.6 Å². The number of hydrogen-bond acceptors (Lipinski definition) is 6. The summed E-state index contributed by atoms with van der Waals surface area (Å²) < 4.78 is 39.2. The van der Waals surface area contributed by atoms with Gasteiger partial charge in [-0.3, -0.25) is 4.18 Å². The van der Waals surface area contributed by atoms with E-state index in [0.717, 1.165) is 56.8 Å². The van der Waals surface area contributed by atoms with Crippen LogP contribution < -0.4 is 0 Å². The van der Waals surface area contributed by atoms with Crippen LogP contribution in [0.4, 0.5) is 0 Å². The Balaban J connectivity index is 0.000000196. The maximum absolute atomic E-state index is 11.2. The first kappa shape index (κ1) is 26.8. The molecule has 1 N–H and O–H groups in total. The molecule has 4 atom stereocenters. The molecule has 0 bridgehead atoms. The van der Waals surface area contributed by atoms with Gasteiger partial charge in [-0.1, -0.05) is 86.3 Å². The highest BCUT2D eigenvalue weighted by atomic mass is 32.2. The summed E-state index contributed by atoms with van der Waals surface area (Å²) in [4.78, 5) is 0. The van der Waals surface area contributed by atoms with Crippen LogP contribution >= 0.6 is 0 Å². The zero-order chi connectivity index (χ0) is 24.2. The number of benzene rings is 2. The van der Waals surface area contributed by atoms with Crippen molar-refractivity contribution in [2.45, 2.75) is 89.0 Å². The first-order valence-electron chi connectivity index (χ1n) is 12.3. The lowest BCUT2D eigenvalue weighted by atomic mass is 9.95. The van der Waals surface area contributed by atoms with Crippen molar-refractivity contribution in [3.63, 3.8) is 0 Å². The monoisotopic (exact) mass is 490 g/mol. The van der Waals surface area contributed by atoms with Crippen LogP contribution in [0.5, 0.6) is 0 Å².